The van der Waals surface area contributed by atoms with E-state index in [-0.39, 0.29) is 0 Å². The lowest BCUT2D eigenvalue weighted by atomic mass is 10.00. The van der Waals surface area contributed by atoms with Gasteiger partial charge in [-0.25, -0.2) is 0 Å². The van der Waals surface area contributed by atoms with Gasteiger partial charge >= 0.3 is 0 Å². The van der Waals surface area contributed by atoms with Crippen LogP contribution >= 0.6 is 11.6 Å². The Hall–Kier alpha value is -1.87. The highest BCUT2D eigenvalue weighted by Gasteiger charge is 2.08. The number of benzene rings is 3. The third kappa shape index (κ3) is 4.82. The van der Waals surface area contributed by atoms with Gasteiger partial charge in [-0.2, -0.15) is 0 Å². The second-order valence-corrected chi connectivity index (χ2v) is 6.74. The summed E-state index contributed by atoms with van der Waals surface area (Å²) in [4.78, 5) is 0. The maximum Gasteiger partial charge on any atom is 0.0438 e. The van der Waals surface area contributed by atoms with Crippen molar-refractivity contribution >= 4 is 22.4 Å². The van der Waals surface area contributed by atoms with Crippen molar-refractivity contribution in [3.8, 4) is 0 Å². The zero-order valence-corrected chi connectivity index (χ0v) is 15.4. The van der Waals surface area contributed by atoms with E-state index < -0.39 is 0 Å². The lowest BCUT2D eigenvalue weighted by Gasteiger charge is -2.17. The van der Waals surface area contributed by atoms with Crippen molar-refractivity contribution < 1.29 is 0 Å². The number of halogens is 1. The van der Waals surface area contributed by atoms with E-state index in [1.807, 2.05) is 18.2 Å². The van der Waals surface area contributed by atoms with Crippen LogP contribution in [0.5, 0.6) is 0 Å². The van der Waals surface area contributed by atoms with E-state index in [0.717, 1.165) is 31.1 Å². The Bertz CT molecular complexity index is 810. The van der Waals surface area contributed by atoms with Gasteiger partial charge in [0.15, 0.2) is 0 Å². The molecule has 1 atom stereocenters. The van der Waals surface area contributed by atoms with Gasteiger partial charge in [-0.05, 0) is 47.9 Å². The van der Waals surface area contributed by atoms with Crippen LogP contribution in [0.3, 0.4) is 0 Å². The maximum atomic E-state index is 6.18. The first-order chi connectivity index (χ1) is 12.3. The lowest BCUT2D eigenvalue weighted by Crippen LogP contribution is -2.30. The summed E-state index contributed by atoms with van der Waals surface area (Å²) >= 11 is 6.18. The van der Waals surface area contributed by atoms with Crippen molar-refractivity contribution in [3.05, 3.63) is 82.9 Å². The third-order valence-corrected chi connectivity index (χ3v) is 4.94. The minimum absolute atomic E-state index is 0.330. The molecule has 0 aliphatic carbocycles. The Morgan fingerprint density at radius 1 is 0.840 bits per heavy atom. The van der Waals surface area contributed by atoms with E-state index in [1.165, 1.54) is 21.9 Å². The van der Waals surface area contributed by atoms with Crippen LogP contribution in [0.2, 0.25) is 5.02 Å². The highest BCUT2D eigenvalue weighted by Crippen LogP contribution is 2.23. The molecular weight excluding hydrogens is 328 g/mol. The van der Waals surface area contributed by atoms with Crippen LogP contribution in [0, 0.1) is 0 Å². The van der Waals surface area contributed by atoms with Gasteiger partial charge in [-0.15, -0.1) is 0 Å². The van der Waals surface area contributed by atoms with E-state index in [4.69, 9.17) is 11.6 Å². The molecule has 0 saturated heterocycles. The van der Waals surface area contributed by atoms with Gasteiger partial charge in [0.05, 0.1) is 0 Å². The molecule has 0 aliphatic rings. The minimum Gasteiger partial charge on any atom is -0.315 e. The number of hydrogen-bond donors (Lipinski definition) is 2. The van der Waals surface area contributed by atoms with E-state index in [2.05, 4.69) is 66.1 Å². The molecule has 0 aliphatic heterocycles. The minimum atomic E-state index is 0.330. The van der Waals surface area contributed by atoms with Crippen molar-refractivity contribution in [1.29, 1.82) is 0 Å². The smallest absolute Gasteiger partial charge is 0.0438 e. The predicted molar refractivity (Wildman–Crippen MR) is 108 cm³/mol. The Balaban J connectivity index is 1.43. The van der Waals surface area contributed by atoms with Gasteiger partial charge in [0.2, 0.25) is 0 Å². The van der Waals surface area contributed by atoms with Crippen molar-refractivity contribution in [1.82, 2.24) is 10.6 Å². The third-order valence-electron chi connectivity index (χ3n) is 4.57. The summed E-state index contributed by atoms with van der Waals surface area (Å²) in [5, 5.41) is 10.6. The first-order valence-electron chi connectivity index (χ1n) is 8.91. The maximum absolute atomic E-state index is 6.18. The molecule has 2 nitrogen and oxygen atoms in total. The Morgan fingerprint density at radius 3 is 2.48 bits per heavy atom. The molecule has 130 valence electrons. The summed E-state index contributed by atoms with van der Waals surface area (Å²) in [6.45, 7) is 5.05. The molecule has 1 unspecified atom stereocenters. The summed E-state index contributed by atoms with van der Waals surface area (Å²) in [7, 11) is 0. The molecule has 3 aromatic carbocycles. The van der Waals surface area contributed by atoms with Crippen LogP contribution in [-0.4, -0.2) is 19.6 Å². The highest BCUT2D eigenvalue weighted by molar-refractivity contribution is 6.31. The molecular formula is C22H25ClN2. The fourth-order valence-electron chi connectivity index (χ4n) is 3.16. The molecule has 0 fully saturated rings. The largest absolute Gasteiger partial charge is 0.315 e. The number of rotatable bonds is 8. The van der Waals surface area contributed by atoms with Gasteiger partial charge in [-0.3, -0.25) is 0 Å². The molecule has 3 aromatic rings. The van der Waals surface area contributed by atoms with Crippen LogP contribution in [0.4, 0.5) is 0 Å². The van der Waals surface area contributed by atoms with Gasteiger partial charge in [0, 0.05) is 24.2 Å². The zero-order valence-electron chi connectivity index (χ0n) is 14.6. The molecule has 0 amide bonds. The molecule has 0 aromatic heterocycles. The van der Waals surface area contributed by atoms with E-state index in [9.17, 15) is 0 Å². The van der Waals surface area contributed by atoms with Crippen LogP contribution in [-0.2, 0) is 6.42 Å². The Morgan fingerprint density at radius 2 is 1.60 bits per heavy atom. The summed E-state index contributed by atoms with van der Waals surface area (Å²) < 4.78 is 0. The van der Waals surface area contributed by atoms with E-state index >= 15 is 0 Å². The van der Waals surface area contributed by atoms with Crippen molar-refractivity contribution in [3.63, 3.8) is 0 Å². The second-order valence-electron chi connectivity index (χ2n) is 6.34. The Labute approximate surface area is 155 Å². The van der Waals surface area contributed by atoms with Crippen LogP contribution in [0.1, 0.15) is 24.1 Å². The molecule has 2 N–H and O–H groups in total. The van der Waals surface area contributed by atoms with Gasteiger partial charge in [0.25, 0.3) is 0 Å². The molecule has 3 heteroatoms. The average molecular weight is 353 g/mol. The molecule has 0 heterocycles. The van der Waals surface area contributed by atoms with E-state index in [0.29, 0.717) is 6.04 Å². The summed E-state index contributed by atoms with van der Waals surface area (Å²) in [6.07, 6.45) is 0.957. The monoisotopic (exact) mass is 352 g/mol. The number of fused-ring (bicyclic) bond motifs is 1. The van der Waals surface area contributed by atoms with Gasteiger partial charge in [0.1, 0.15) is 0 Å². The average Bonchev–Trinajstić information content (AvgIpc) is 2.65. The summed E-state index contributed by atoms with van der Waals surface area (Å²) in [6, 6.07) is 23.5. The topological polar surface area (TPSA) is 24.1 Å². The first-order valence-corrected chi connectivity index (χ1v) is 9.28. The molecule has 3 rings (SSSR count). The fourth-order valence-corrected chi connectivity index (χ4v) is 3.39. The molecule has 0 bridgehead atoms. The standard InChI is InChI=1S/C22H25ClN2/c1-17(20-11-6-9-18-7-2-4-10-21(18)20)25-16-15-24-14-13-19-8-3-5-12-22(19)23/h2-12,17,24-25H,13-16H2,1H3. The summed E-state index contributed by atoms with van der Waals surface area (Å²) in [5.41, 5.74) is 2.56. The van der Waals surface area contributed by atoms with Crippen LogP contribution in [0.15, 0.2) is 66.7 Å². The first kappa shape index (κ1) is 17.9. The van der Waals surface area contributed by atoms with E-state index in [1.54, 1.807) is 0 Å². The van der Waals surface area contributed by atoms with Crippen LogP contribution < -0.4 is 10.6 Å². The molecule has 25 heavy (non-hydrogen) atoms. The number of hydrogen-bond acceptors (Lipinski definition) is 2. The van der Waals surface area contributed by atoms with Gasteiger partial charge in [-0.1, -0.05) is 72.3 Å². The quantitative estimate of drug-likeness (QED) is 0.559. The van der Waals surface area contributed by atoms with Crippen molar-refractivity contribution in [2.75, 3.05) is 19.6 Å². The second kappa shape index (κ2) is 9.00. The summed E-state index contributed by atoms with van der Waals surface area (Å²) in [5.74, 6) is 0. The van der Waals surface area contributed by atoms with Gasteiger partial charge < -0.3 is 10.6 Å². The lowest BCUT2D eigenvalue weighted by molar-refractivity contribution is 0.549. The molecule has 0 saturated carbocycles. The normalized spacial score (nSPS) is 12.4. The Kier molecular flexibility index (Phi) is 6.46. The zero-order chi connectivity index (χ0) is 17.5. The van der Waals surface area contributed by atoms with Crippen molar-refractivity contribution in [2.24, 2.45) is 0 Å². The van der Waals surface area contributed by atoms with Crippen LogP contribution in [0.25, 0.3) is 10.8 Å². The predicted octanol–water partition coefficient (Wildman–Crippen LogP) is 4.98. The number of nitrogens with one attached hydrogen (secondary N) is 2. The molecule has 0 radical (unpaired) electrons. The fraction of sp³-hybridized carbons (Fsp3) is 0.273. The SMILES string of the molecule is CC(NCCNCCc1ccccc1Cl)c1cccc2ccccc12. The highest BCUT2D eigenvalue weighted by atomic mass is 35.5. The van der Waals surface area contributed by atoms with Crippen molar-refractivity contribution in [2.45, 2.75) is 19.4 Å². The molecule has 0 spiro atoms.